The van der Waals surface area contributed by atoms with Crippen LogP contribution in [0.1, 0.15) is 0 Å². The Bertz CT molecular complexity index is 200. The van der Waals surface area contributed by atoms with E-state index in [1.165, 1.54) is 6.07 Å². The molecular formula is C6H5ClO2. The fourth-order valence-corrected chi connectivity index (χ4v) is 0.627. The summed E-state index contributed by atoms with van der Waals surface area (Å²) in [4.78, 5) is 0. The first-order valence-electron chi connectivity index (χ1n) is 2.40. The second-order valence-corrected chi connectivity index (χ2v) is 1.73. The molecule has 48 valence electrons. The van der Waals surface area contributed by atoms with Crippen molar-refractivity contribution in [2.45, 2.75) is 0 Å². The highest BCUT2D eigenvalue weighted by atomic mass is 35.5. The maximum Gasteiger partial charge on any atom is 0.150 e. The average molecular weight is 145 g/mol. The highest BCUT2D eigenvalue weighted by Crippen LogP contribution is 2.17. The van der Waals surface area contributed by atoms with Crippen LogP contribution >= 0.6 is 11.9 Å². The number of benzene rings is 1. The van der Waals surface area contributed by atoms with Gasteiger partial charge in [-0.05, 0) is 12.1 Å². The fraction of sp³-hybridized carbons (Fsp3) is 0. The molecule has 0 unspecified atom stereocenters. The Balaban J connectivity index is 2.94. The third-order valence-electron chi connectivity index (χ3n) is 0.907. The Hall–Kier alpha value is -0.890. The van der Waals surface area contributed by atoms with E-state index in [9.17, 15) is 0 Å². The summed E-state index contributed by atoms with van der Waals surface area (Å²) in [6, 6.07) is 6.26. The standard InChI is InChI=1S/C6H5ClO2/c7-9-6-3-1-2-5(8)4-6/h1-4,8H. The van der Waals surface area contributed by atoms with Crippen LogP contribution < -0.4 is 4.29 Å². The second-order valence-electron chi connectivity index (χ2n) is 1.57. The number of aromatic hydroxyl groups is 1. The monoisotopic (exact) mass is 144 g/mol. The molecule has 3 heteroatoms. The second kappa shape index (κ2) is 2.60. The lowest BCUT2D eigenvalue weighted by molar-refractivity contribution is 0.471. The smallest absolute Gasteiger partial charge is 0.150 e. The van der Waals surface area contributed by atoms with Crippen molar-refractivity contribution in [1.82, 2.24) is 0 Å². The molecule has 0 radical (unpaired) electrons. The van der Waals surface area contributed by atoms with Crippen LogP contribution in [0.25, 0.3) is 0 Å². The van der Waals surface area contributed by atoms with Gasteiger partial charge in [0.05, 0.1) is 0 Å². The molecule has 2 nitrogen and oxygen atoms in total. The topological polar surface area (TPSA) is 29.5 Å². The van der Waals surface area contributed by atoms with Crippen molar-refractivity contribution < 1.29 is 9.40 Å². The average Bonchev–Trinajstić information content (AvgIpc) is 1.88. The minimum atomic E-state index is 0.146. The molecule has 0 heterocycles. The quantitative estimate of drug-likeness (QED) is 0.653. The SMILES string of the molecule is Oc1cccc(OCl)c1. The first-order valence-corrected chi connectivity index (χ1v) is 2.71. The van der Waals surface area contributed by atoms with Crippen LogP contribution in [0, 0.1) is 0 Å². The zero-order valence-corrected chi connectivity index (χ0v) is 5.30. The molecule has 1 rings (SSSR count). The Morgan fingerprint density at radius 3 is 2.67 bits per heavy atom. The number of phenolic OH excluding ortho intramolecular Hbond substituents is 1. The molecule has 0 aromatic heterocycles. The highest BCUT2D eigenvalue weighted by molar-refractivity contribution is 6.09. The van der Waals surface area contributed by atoms with Crippen molar-refractivity contribution in [3.05, 3.63) is 24.3 Å². The summed E-state index contributed by atoms with van der Waals surface area (Å²) in [5.74, 6) is 0.588. The molecule has 0 amide bonds. The molecular weight excluding hydrogens is 140 g/mol. The fourth-order valence-electron chi connectivity index (χ4n) is 0.532. The zero-order chi connectivity index (χ0) is 6.69. The zero-order valence-electron chi connectivity index (χ0n) is 4.54. The van der Waals surface area contributed by atoms with Crippen molar-refractivity contribution >= 4 is 11.9 Å². The predicted molar refractivity (Wildman–Crippen MR) is 34.6 cm³/mol. The van der Waals surface area contributed by atoms with Crippen molar-refractivity contribution in [3.8, 4) is 11.5 Å². The van der Waals surface area contributed by atoms with Gasteiger partial charge in [-0.15, -0.1) is 0 Å². The molecule has 1 aromatic rings. The van der Waals surface area contributed by atoms with Crippen LogP contribution in [0.15, 0.2) is 24.3 Å². The largest absolute Gasteiger partial charge is 0.508 e. The molecule has 0 saturated heterocycles. The van der Waals surface area contributed by atoms with Crippen molar-refractivity contribution in [1.29, 1.82) is 0 Å². The van der Waals surface area contributed by atoms with Gasteiger partial charge in [0.2, 0.25) is 0 Å². The third-order valence-corrected chi connectivity index (χ3v) is 1.08. The van der Waals surface area contributed by atoms with E-state index in [1.807, 2.05) is 0 Å². The van der Waals surface area contributed by atoms with Crippen LogP contribution in [0.2, 0.25) is 0 Å². The molecule has 0 aliphatic heterocycles. The summed E-state index contributed by atoms with van der Waals surface area (Å²) >= 11 is 4.99. The number of phenols is 1. The minimum absolute atomic E-state index is 0.146. The van der Waals surface area contributed by atoms with E-state index in [2.05, 4.69) is 4.29 Å². The molecule has 9 heavy (non-hydrogen) atoms. The maximum atomic E-state index is 8.81. The molecule has 0 atom stereocenters. The van der Waals surface area contributed by atoms with Crippen LogP contribution in [0.5, 0.6) is 11.5 Å². The number of hydrogen-bond acceptors (Lipinski definition) is 2. The number of hydrogen-bond donors (Lipinski definition) is 1. The van der Waals surface area contributed by atoms with Gasteiger partial charge in [0.15, 0.2) is 0 Å². The molecule has 0 saturated carbocycles. The van der Waals surface area contributed by atoms with Crippen molar-refractivity contribution in [2.24, 2.45) is 0 Å². The van der Waals surface area contributed by atoms with Gasteiger partial charge in [-0.25, -0.2) is 0 Å². The van der Waals surface area contributed by atoms with Gasteiger partial charge in [0.1, 0.15) is 23.4 Å². The Labute approximate surface area is 57.8 Å². The van der Waals surface area contributed by atoms with E-state index in [-0.39, 0.29) is 5.75 Å². The summed E-state index contributed by atoms with van der Waals surface area (Å²) in [6.45, 7) is 0. The predicted octanol–water partition coefficient (Wildman–Crippen LogP) is 1.92. The summed E-state index contributed by atoms with van der Waals surface area (Å²) in [6.07, 6.45) is 0. The van der Waals surface area contributed by atoms with E-state index < -0.39 is 0 Å². The molecule has 0 fully saturated rings. The van der Waals surface area contributed by atoms with Crippen molar-refractivity contribution in [3.63, 3.8) is 0 Å². The van der Waals surface area contributed by atoms with Gasteiger partial charge < -0.3 is 9.40 Å². The Morgan fingerprint density at radius 2 is 2.22 bits per heavy atom. The first kappa shape index (κ1) is 6.23. The normalized spacial score (nSPS) is 9.00. The molecule has 1 N–H and O–H groups in total. The molecule has 0 bridgehead atoms. The summed E-state index contributed by atoms with van der Waals surface area (Å²) in [5.41, 5.74) is 0. The lowest BCUT2D eigenvalue weighted by Gasteiger charge is -1.93. The van der Waals surface area contributed by atoms with Crippen LogP contribution in [0.4, 0.5) is 0 Å². The van der Waals surface area contributed by atoms with Gasteiger partial charge in [-0.1, -0.05) is 6.07 Å². The molecule has 0 aliphatic carbocycles. The third kappa shape index (κ3) is 1.50. The number of rotatable bonds is 1. The lowest BCUT2D eigenvalue weighted by atomic mass is 10.3. The molecule has 0 spiro atoms. The first-order chi connectivity index (χ1) is 4.33. The van der Waals surface area contributed by atoms with E-state index in [0.717, 1.165) is 0 Å². The Kier molecular flexibility index (Phi) is 1.80. The van der Waals surface area contributed by atoms with Gasteiger partial charge in [0, 0.05) is 6.07 Å². The Morgan fingerprint density at radius 1 is 1.44 bits per heavy atom. The van der Waals surface area contributed by atoms with E-state index in [1.54, 1.807) is 18.2 Å². The summed E-state index contributed by atoms with van der Waals surface area (Å²) < 4.78 is 4.31. The van der Waals surface area contributed by atoms with Crippen LogP contribution in [0.3, 0.4) is 0 Å². The van der Waals surface area contributed by atoms with Crippen molar-refractivity contribution in [2.75, 3.05) is 0 Å². The summed E-state index contributed by atoms with van der Waals surface area (Å²) in [5, 5.41) is 8.81. The van der Waals surface area contributed by atoms with Gasteiger partial charge in [-0.3, -0.25) is 0 Å². The highest BCUT2D eigenvalue weighted by Gasteiger charge is 1.90. The maximum absolute atomic E-state index is 8.81. The van der Waals surface area contributed by atoms with Gasteiger partial charge in [0.25, 0.3) is 0 Å². The number of halogens is 1. The van der Waals surface area contributed by atoms with E-state index >= 15 is 0 Å². The van der Waals surface area contributed by atoms with E-state index in [4.69, 9.17) is 17.0 Å². The van der Waals surface area contributed by atoms with E-state index in [0.29, 0.717) is 5.75 Å². The van der Waals surface area contributed by atoms with Crippen LogP contribution in [-0.4, -0.2) is 5.11 Å². The lowest BCUT2D eigenvalue weighted by Crippen LogP contribution is -1.71. The van der Waals surface area contributed by atoms with Crippen LogP contribution in [-0.2, 0) is 0 Å². The van der Waals surface area contributed by atoms with Gasteiger partial charge in [-0.2, -0.15) is 0 Å². The minimum Gasteiger partial charge on any atom is -0.508 e. The van der Waals surface area contributed by atoms with Gasteiger partial charge >= 0.3 is 0 Å². The molecule has 1 aromatic carbocycles. The molecule has 0 aliphatic rings. The summed E-state index contributed by atoms with van der Waals surface area (Å²) in [7, 11) is 0.